The van der Waals surface area contributed by atoms with E-state index in [9.17, 15) is 0 Å². The largest absolute Gasteiger partial charge is 0.493 e. The SMILES string of the molecule is CCOc1ccc(C23CC4CC(CC(C4)C2)C3)cc1/C=C/c1ccc2ccccc2n1. The lowest BCUT2D eigenvalue weighted by Crippen LogP contribution is -2.48. The van der Waals surface area contributed by atoms with Crippen molar-refractivity contribution in [1.29, 1.82) is 0 Å². The summed E-state index contributed by atoms with van der Waals surface area (Å²) in [5.74, 6) is 3.85. The van der Waals surface area contributed by atoms with Crippen LogP contribution in [0, 0.1) is 17.8 Å². The molecular weight excluding hydrogens is 378 g/mol. The highest BCUT2D eigenvalue weighted by atomic mass is 16.5. The Balaban J connectivity index is 1.35. The van der Waals surface area contributed by atoms with Crippen molar-refractivity contribution < 1.29 is 4.74 Å². The van der Waals surface area contributed by atoms with Crippen molar-refractivity contribution in [3.63, 3.8) is 0 Å². The number of hydrogen-bond acceptors (Lipinski definition) is 2. The summed E-state index contributed by atoms with van der Waals surface area (Å²) in [6, 6.07) is 19.5. The second-order valence-electron chi connectivity index (χ2n) is 10.1. The van der Waals surface area contributed by atoms with Gasteiger partial charge in [-0.05, 0) is 111 Å². The Hall–Kier alpha value is -2.61. The molecule has 0 radical (unpaired) electrons. The van der Waals surface area contributed by atoms with Crippen molar-refractivity contribution in [3.8, 4) is 5.75 Å². The molecule has 3 aromatic rings. The first-order valence-electron chi connectivity index (χ1n) is 12.0. The zero-order chi connectivity index (χ0) is 20.8. The monoisotopic (exact) mass is 409 g/mol. The molecule has 4 aliphatic carbocycles. The molecule has 0 amide bonds. The Kier molecular flexibility index (Phi) is 4.63. The van der Waals surface area contributed by atoms with E-state index in [0.29, 0.717) is 12.0 Å². The second kappa shape index (κ2) is 7.51. The highest BCUT2D eigenvalue weighted by molar-refractivity contribution is 5.81. The smallest absolute Gasteiger partial charge is 0.126 e. The molecule has 0 saturated heterocycles. The molecule has 0 unspecified atom stereocenters. The van der Waals surface area contributed by atoms with Crippen molar-refractivity contribution in [3.05, 3.63) is 71.4 Å². The van der Waals surface area contributed by atoms with E-state index < -0.39 is 0 Å². The third-order valence-electron chi connectivity index (χ3n) is 8.01. The van der Waals surface area contributed by atoms with Crippen LogP contribution in [0.1, 0.15) is 62.3 Å². The van der Waals surface area contributed by atoms with Crippen LogP contribution < -0.4 is 4.74 Å². The van der Waals surface area contributed by atoms with Gasteiger partial charge in [0.2, 0.25) is 0 Å². The summed E-state index contributed by atoms with van der Waals surface area (Å²) in [4.78, 5) is 4.82. The van der Waals surface area contributed by atoms with E-state index >= 15 is 0 Å². The Bertz CT molecular complexity index is 1110. The second-order valence-corrected chi connectivity index (χ2v) is 10.1. The lowest BCUT2D eigenvalue weighted by Gasteiger charge is -2.57. The van der Waals surface area contributed by atoms with Crippen molar-refractivity contribution in [1.82, 2.24) is 4.98 Å². The number of hydrogen-bond donors (Lipinski definition) is 0. The Morgan fingerprint density at radius 3 is 2.39 bits per heavy atom. The number of ether oxygens (including phenoxy) is 1. The van der Waals surface area contributed by atoms with E-state index in [2.05, 4.69) is 67.6 Å². The predicted octanol–water partition coefficient (Wildman–Crippen LogP) is 7.27. The predicted molar refractivity (Wildman–Crippen MR) is 128 cm³/mol. The zero-order valence-electron chi connectivity index (χ0n) is 18.4. The van der Waals surface area contributed by atoms with Crippen LogP contribution in [-0.4, -0.2) is 11.6 Å². The lowest BCUT2D eigenvalue weighted by atomic mass is 9.48. The van der Waals surface area contributed by atoms with Gasteiger partial charge in [-0.15, -0.1) is 0 Å². The maximum atomic E-state index is 6.00. The number of nitrogens with zero attached hydrogens (tertiary/aromatic N) is 1. The maximum absolute atomic E-state index is 6.00. The minimum atomic E-state index is 0.406. The van der Waals surface area contributed by atoms with E-state index in [1.54, 1.807) is 5.56 Å². The van der Waals surface area contributed by atoms with Crippen molar-refractivity contribution >= 4 is 23.1 Å². The summed E-state index contributed by atoms with van der Waals surface area (Å²) in [6.45, 7) is 2.75. The van der Waals surface area contributed by atoms with Gasteiger partial charge in [-0.25, -0.2) is 4.98 Å². The standard InChI is InChI=1S/C29H31NO/c1-2-31-28-12-9-25(29-17-20-13-21(18-29)15-22(14-20)19-29)16-24(28)8-11-26-10-7-23-5-3-4-6-27(23)30-26/h3-12,16,20-22H,2,13-15,17-19H2,1H3/b11-8+. The fourth-order valence-electron chi connectivity index (χ4n) is 7.11. The molecule has 0 spiro atoms. The first-order valence-corrected chi connectivity index (χ1v) is 12.0. The number of para-hydroxylation sites is 1. The van der Waals surface area contributed by atoms with E-state index in [4.69, 9.17) is 9.72 Å². The molecule has 31 heavy (non-hydrogen) atoms. The summed E-state index contributed by atoms with van der Waals surface area (Å²) in [7, 11) is 0. The molecule has 0 atom stereocenters. The molecule has 2 heteroatoms. The first-order chi connectivity index (χ1) is 15.2. The van der Waals surface area contributed by atoms with Gasteiger partial charge in [0.05, 0.1) is 17.8 Å². The highest BCUT2D eigenvalue weighted by Crippen LogP contribution is 2.60. The molecule has 4 fully saturated rings. The third-order valence-corrected chi connectivity index (χ3v) is 8.01. The average molecular weight is 410 g/mol. The summed E-state index contributed by atoms with van der Waals surface area (Å²) >= 11 is 0. The topological polar surface area (TPSA) is 22.1 Å². The molecule has 1 heterocycles. The molecule has 0 aliphatic heterocycles. The van der Waals surface area contributed by atoms with Crippen molar-refractivity contribution in [2.75, 3.05) is 6.61 Å². The maximum Gasteiger partial charge on any atom is 0.126 e. The van der Waals surface area contributed by atoms with Crippen LogP contribution in [0.4, 0.5) is 0 Å². The fourth-order valence-corrected chi connectivity index (χ4v) is 7.11. The van der Waals surface area contributed by atoms with Crippen LogP contribution in [0.15, 0.2) is 54.6 Å². The van der Waals surface area contributed by atoms with Gasteiger partial charge in [0.15, 0.2) is 0 Å². The van der Waals surface area contributed by atoms with Gasteiger partial charge < -0.3 is 4.74 Å². The van der Waals surface area contributed by atoms with Crippen LogP contribution in [-0.2, 0) is 5.41 Å². The van der Waals surface area contributed by atoms with Crippen LogP contribution in [0.5, 0.6) is 5.75 Å². The molecule has 4 bridgehead atoms. The lowest BCUT2D eigenvalue weighted by molar-refractivity contribution is -0.00521. The van der Waals surface area contributed by atoms with Crippen molar-refractivity contribution in [2.24, 2.45) is 17.8 Å². The van der Waals surface area contributed by atoms with E-state index in [1.807, 2.05) is 6.07 Å². The molecule has 158 valence electrons. The van der Waals surface area contributed by atoms with Gasteiger partial charge in [-0.3, -0.25) is 0 Å². The van der Waals surface area contributed by atoms with Gasteiger partial charge >= 0.3 is 0 Å². The number of aromatic nitrogens is 1. The Morgan fingerprint density at radius 1 is 0.903 bits per heavy atom. The molecule has 4 saturated carbocycles. The number of rotatable bonds is 5. The van der Waals surface area contributed by atoms with Gasteiger partial charge in [0.1, 0.15) is 5.75 Å². The molecule has 0 N–H and O–H groups in total. The molecular formula is C29H31NO. The minimum Gasteiger partial charge on any atom is -0.493 e. The molecule has 2 nitrogen and oxygen atoms in total. The Labute approximate surface area is 185 Å². The highest BCUT2D eigenvalue weighted by Gasteiger charge is 2.51. The summed E-state index contributed by atoms with van der Waals surface area (Å²) in [5, 5.41) is 1.18. The molecule has 2 aromatic carbocycles. The van der Waals surface area contributed by atoms with Crippen molar-refractivity contribution in [2.45, 2.75) is 50.9 Å². The van der Waals surface area contributed by atoms with Gasteiger partial charge in [0.25, 0.3) is 0 Å². The summed E-state index contributed by atoms with van der Waals surface area (Å²) in [6.07, 6.45) is 13.0. The van der Waals surface area contributed by atoms with Crippen LogP contribution in [0.3, 0.4) is 0 Å². The third kappa shape index (κ3) is 3.46. The van der Waals surface area contributed by atoms with Gasteiger partial charge in [-0.1, -0.05) is 30.3 Å². The number of benzene rings is 2. The summed E-state index contributed by atoms with van der Waals surface area (Å²) < 4.78 is 6.00. The normalized spacial score (nSPS) is 29.1. The van der Waals surface area contributed by atoms with E-state index in [-0.39, 0.29) is 0 Å². The minimum absolute atomic E-state index is 0.406. The van der Waals surface area contributed by atoms with Crippen LogP contribution >= 0.6 is 0 Å². The molecule has 1 aromatic heterocycles. The summed E-state index contributed by atoms with van der Waals surface area (Å²) in [5.41, 5.74) is 5.16. The van der Waals surface area contributed by atoms with E-state index in [0.717, 1.165) is 34.7 Å². The number of fused-ring (bicyclic) bond motifs is 1. The van der Waals surface area contributed by atoms with Crippen LogP contribution in [0.25, 0.3) is 23.1 Å². The Morgan fingerprint density at radius 2 is 1.65 bits per heavy atom. The first kappa shape index (κ1) is 19.1. The fraction of sp³-hybridized carbons (Fsp3) is 0.414. The van der Waals surface area contributed by atoms with E-state index in [1.165, 1.54) is 49.5 Å². The quantitative estimate of drug-likeness (QED) is 0.442. The molecule has 7 rings (SSSR count). The zero-order valence-corrected chi connectivity index (χ0v) is 18.4. The van der Waals surface area contributed by atoms with Gasteiger partial charge in [-0.2, -0.15) is 0 Å². The molecule has 4 aliphatic rings. The average Bonchev–Trinajstić information content (AvgIpc) is 2.77. The van der Waals surface area contributed by atoms with Gasteiger partial charge in [0, 0.05) is 10.9 Å². The number of pyridine rings is 1. The van der Waals surface area contributed by atoms with Crippen LogP contribution in [0.2, 0.25) is 0 Å².